The first-order valence-corrected chi connectivity index (χ1v) is 7.96. The van der Waals surface area contributed by atoms with Crippen LogP contribution < -0.4 is 11.1 Å². The molecule has 1 saturated carbocycles. The van der Waals surface area contributed by atoms with Crippen molar-refractivity contribution in [2.75, 3.05) is 0 Å². The van der Waals surface area contributed by atoms with E-state index in [0.29, 0.717) is 17.7 Å². The molecule has 0 saturated heterocycles. The molecule has 19 heavy (non-hydrogen) atoms. The molecule has 1 unspecified atom stereocenters. The SMILES string of the molecule is CCC(C)c1nc(C(N)=O)c(CNC2CCCC2)s1. The van der Waals surface area contributed by atoms with E-state index >= 15 is 0 Å². The molecule has 1 aliphatic rings. The number of hydrogen-bond donors (Lipinski definition) is 2. The van der Waals surface area contributed by atoms with Gasteiger partial charge in [0.15, 0.2) is 0 Å². The fourth-order valence-corrected chi connectivity index (χ4v) is 3.59. The van der Waals surface area contributed by atoms with Crippen LogP contribution in [0.3, 0.4) is 0 Å². The molecule has 0 aliphatic heterocycles. The molecule has 1 aromatic heterocycles. The van der Waals surface area contributed by atoms with E-state index in [2.05, 4.69) is 24.1 Å². The normalized spacial score (nSPS) is 17.8. The first kappa shape index (κ1) is 14.5. The molecule has 106 valence electrons. The summed E-state index contributed by atoms with van der Waals surface area (Å²) in [5, 5.41) is 4.55. The van der Waals surface area contributed by atoms with Gasteiger partial charge in [-0.05, 0) is 19.3 Å². The van der Waals surface area contributed by atoms with E-state index in [4.69, 9.17) is 5.73 Å². The third-order valence-electron chi connectivity index (χ3n) is 3.89. The fourth-order valence-electron chi connectivity index (χ4n) is 2.43. The monoisotopic (exact) mass is 281 g/mol. The van der Waals surface area contributed by atoms with Gasteiger partial charge < -0.3 is 11.1 Å². The molecule has 0 spiro atoms. The highest BCUT2D eigenvalue weighted by atomic mass is 32.1. The minimum Gasteiger partial charge on any atom is -0.364 e. The molecular weight excluding hydrogens is 258 g/mol. The minimum absolute atomic E-state index is 0.392. The number of hydrogen-bond acceptors (Lipinski definition) is 4. The molecule has 5 heteroatoms. The van der Waals surface area contributed by atoms with E-state index in [-0.39, 0.29) is 0 Å². The highest BCUT2D eigenvalue weighted by Crippen LogP contribution is 2.27. The van der Waals surface area contributed by atoms with Crippen LogP contribution in [-0.2, 0) is 6.54 Å². The van der Waals surface area contributed by atoms with Gasteiger partial charge in [-0.1, -0.05) is 26.7 Å². The number of primary amides is 1. The zero-order valence-electron chi connectivity index (χ0n) is 11.7. The molecule has 1 amide bonds. The Hall–Kier alpha value is -0.940. The molecule has 1 heterocycles. The van der Waals surface area contributed by atoms with Gasteiger partial charge in [0.05, 0.1) is 9.88 Å². The lowest BCUT2D eigenvalue weighted by atomic mass is 10.1. The maximum Gasteiger partial charge on any atom is 0.268 e. The van der Waals surface area contributed by atoms with Crippen molar-refractivity contribution in [3.8, 4) is 0 Å². The largest absolute Gasteiger partial charge is 0.364 e. The van der Waals surface area contributed by atoms with Crippen LogP contribution >= 0.6 is 11.3 Å². The van der Waals surface area contributed by atoms with Gasteiger partial charge in [-0.25, -0.2) is 4.98 Å². The average Bonchev–Trinajstić information content (AvgIpc) is 3.04. The summed E-state index contributed by atoms with van der Waals surface area (Å²) in [7, 11) is 0. The first-order valence-electron chi connectivity index (χ1n) is 7.14. The summed E-state index contributed by atoms with van der Waals surface area (Å²) >= 11 is 1.63. The molecular formula is C14H23N3OS. The van der Waals surface area contributed by atoms with Crippen molar-refractivity contribution in [2.24, 2.45) is 5.73 Å². The number of nitrogens with two attached hydrogens (primary N) is 1. The molecule has 4 nitrogen and oxygen atoms in total. The molecule has 0 bridgehead atoms. The van der Waals surface area contributed by atoms with Gasteiger partial charge in [-0.15, -0.1) is 11.3 Å². The summed E-state index contributed by atoms with van der Waals surface area (Å²) in [6.07, 6.45) is 6.12. The highest BCUT2D eigenvalue weighted by molar-refractivity contribution is 7.12. The van der Waals surface area contributed by atoms with Gasteiger partial charge in [0.2, 0.25) is 0 Å². The van der Waals surface area contributed by atoms with Crippen molar-refractivity contribution < 1.29 is 4.79 Å². The van der Waals surface area contributed by atoms with Crippen LogP contribution in [0.1, 0.15) is 72.2 Å². The van der Waals surface area contributed by atoms with Crippen molar-refractivity contribution >= 4 is 17.2 Å². The number of amides is 1. The summed E-state index contributed by atoms with van der Waals surface area (Å²) in [4.78, 5) is 16.9. The van der Waals surface area contributed by atoms with Crippen molar-refractivity contribution in [1.82, 2.24) is 10.3 Å². The van der Waals surface area contributed by atoms with E-state index in [1.807, 2.05) is 0 Å². The molecule has 0 radical (unpaired) electrons. The van der Waals surface area contributed by atoms with Gasteiger partial charge in [-0.2, -0.15) is 0 Å². The Morgan fingerprint density at radius 3 is 2.79 bits per heavy atom. The third kappa shape index (κ3) is 3.54. The van der Waals surface area contributed by atoms with Gasteiger partial charge in [0.1, 0.15) is 5.69 Å². The Morgan fingerprint density at radius 1 is 1.53 bits per heavy atom. The van der Waals surface area contributed by atoms with Gasteiger partial charge in [0.25, 0.3) is 5.91 Å². The van der Waals surface area contributed by atoms with Crippen LogP contribution in [-0.4, -0.2) is 16.9 Å². The number of carbonyl (C=O) groups is 1. The van der Waals surface area contributed by atoms with Crippen LogP contribution in [0.4, 0.5) is 0 Å². The van der Waals surface area contributed by atoms with E-state index in [9.17, 15) is 4.79 Å². The predicted molar refractivity (Wildman–Crippen MR) is 78.4 cm³/mol. The Morgan fingerprint density at radius 2 is 2.21 bits per heavy atom. The summed E-state index contributed by atoms with van der Waals surface area (Å²) < 4.78 is 0. The number of thiazole rings is 1. The predicted octanol–water partition coefficient (Wildman–Crippen LogP) is 2.79. The highest BCUT2D eigenvalue weighted by Gasteiger charge is 2.20. The summed E-state index contributed by atoms with van der Waals surface area (Å²) in [5.74, 6) is -0.0163. The summed E-state index contributed by atoms with van der Waals surface area (Å²) in [6, 6.07) is 0.592. The van der Waals surface area contributed by atoms with Gasteiger partial charge in [-0.3, -0.25) is 4.79 Å². The molecule has 0 aromatic carbocycles. The number of nitrogens with one attached hydrogen (secondary N) is 1. The van der Waals surface area contributed by atoms with Gasteiger partial charge in [0, 0.05) is 18.5 Å². The molecule has 1 aromatic rings. The van der Waals surface area contributed by atoms with Crippen molar-refractivity contribution in [2.45, 2.75) is 64.5 Å². The van der Waals surface area contributed by atoms with Crippen LogP contribution in [0.5, 0.6) is 0 Å². The quantitative estimate of drug-likeness (QED) is 0.842. The maximum atomic E-state index is 11.5. The van der Waals surface area contributed by atoms with Crippen LogP contribution in [0.2, 0.25) is 0 Å². The second kappa shape index (κ2) is 6.48. The number of nitrogens with zero attached hydrogens (tertiary/aromatic N) is 1. The third-order valence-corrected chi connectivity index (χ3v) is 5.17. The minimum atomic E-state index is -0.408. The Kier molecular flexibility index (Phi) is 4.93. The van der Waals surface area contributed by atoms with Crippen LogP contribution in [0.25, 0.3) is 0 Å². The van der Waals surface area contributed by atoms with E-state index in [1.165, 1.54) is 25.7 Å². The Labute approximate surface area is 118 Å². The van der Waals surface area contributed by atoms with E-state index < -0.39 is 5.91 Å². The summed E-state index contributed by atoms with van der Waals surface area (Å²) in [5.41, 5.74) is 5.89. The number of aromatic nitrogens is 1. The van der Waals surface area contributed by atoms with Crippen molar-refractivity contribution in [1.29, 1.82) is 0 Å². The van der Waals surface area contributed by atoms with Gasteiger partial charge >= 0.3 is 0 Å². The standard InChI is InChI=1S/C14H23N3OS/c1-3-9(2)14-17-12(13(15)18)11(19-14)8-16-10-6-4-5-7-10/h9-10,16H,3-8H2,1-2H3,(H2,15,18). The van der Waals surface area contributed by atoms with E-state index in [1.54, 1.807) is 11.3 Å². The van der Waals surface area contributed by atoms with Crippen LogP contribution in [0, 0.1) is 0 Å². The zero-order chi connectivity index (χ0) is 13.8. The topological polar surface area (TPSA) is 68.0 Å². The van der Waals surface area contributed by atoms with Crippen molar-refractivity contribution in [3.05, 3.63) is 15.6 Å². The lowest BCUT2D eigenvalue weighted by Gasteiger charge is -2.10. The Balaban J connectivity index is 2.08. The number of rotatable bonds is 6. The summed E-state index contributed by atoms with van der Waals surface area (Å²) in [6.45, 7) is 4.99. The second-order valence-electron chi connectivity index (χ2n) is 5.36. The smallest absolute Gasteiger partial charge is 0.268 e. The van der Waals surface area contributed by atoms with E-state index in [0.717, 1.165) is 22.9 Å². The first-order chi connectivity index (χ1) is 9.11. The fraction of sp³-hybridized carbons (Fsp3) is 0.714. The molecule has 3 N–H and O–H groups in total. The lowest BCUT2D eigenvalue weighted by molar-refractivity contribution is 0.0995. The molecule has 1 atom stereocenters. The number of carbonyl (C=O) groups excluding carboxylic acids is 1. The van der Waals surface area contributed by atoms with Crippen LogP contribution in [0.15, 0.2) is 0 Å². The average molecular weight is 281 g/mol. The second-order valence-corrected chi connectivity index (χ2v) is 6.47. The molecule has 1 aliphatic carbocycles. The zero-order valence-corrected chi connectivity index (χ0v) is 12.6. The molecule has 1 fully saturated rings. The molecule has 2 rings (SSSR count). The lowest BCUT2D eigenvalue weighted by Crippen LogP contribution is -2.26. The Bertz CT molecular complexity index is 438. The van der Waals surface area contributed by atoms with Crippen molar-refractivity contribution in [3.63, 3.8) is 0 Å². The maximum absolute atomic E-state index is 11.5.